The zero-order chi connectivity index (χ0) is 14.8. The van der Waals surface area contributed by atoms with Crippen molar-refractivity contribution in [3.05, 3.63) is 34.6 Å². The van der Waals surface area contributed by atoms with Crippen molar-refractivity contribution in [3.8, 4) is 0 Å². The molecule has 6 heteroatoms. The third-order valence-electron chi connectivity index (χ3n) is 4.87. The molecule has 0 bridgehead atoms. The molecule has 2 saturated heterocycles. The van der Waals surface area contributed by atoms with Gasteiger partial charge in [-0.1, -0.05) is 17.7 Å². The summed E-state index contributed by atoms with van der Waals surface area (Å²) in [6.45, 7) is 8.81. The first-order chi connectivity index (χ1) is 10.1. The highest BCUT2D eigenvalue weighted by Crippen LogP contribution is 2.26. The van der Waals surface area contributed by atoms with E-state index in [1.165, 1.54) is 12.5 Å². The van der Waals surface area contributed by atoms with Crippen molar-refractivity contribution in [1.82, 2.24) is 15.1 Å². The van der Waals surface area contributed by atoms with E-state index in [0.717, 1.165) is 44.8 Å². The molecule has 3 nitrogen and oxygen atoms in total. The van der Waals surface area contributed by atoms with Gasteiger partial charge in [-0.05, 0) is 37.6 Å². The van der Waals surface area contributed by atoms with Gasteiger partial charge in [0.05, 0.1) is 5.02 Å². The molecule has 3 rings (SSSR count). The number of rotatable bonds is 3. The second-order valence-corrected chi connectivity index (χ2v) is 6.48. The Balaban J connectivity index is 0.00000176. The average Bonchev–Trinajstić information content (AvgIpc) is 3.04. The fourth-order valence-electron chi connectivity index (χ4n) is 3.42. The molecule has 2 aliphatic rings. The van der Waals surface area contributed by atoms with Crippen LogP contribution >= 0.6 is 24.0 Å². The quantitative estimate of drug-likeness (QED) is 0.906. The number of hydrogen-bond donors (Lipinski definition) is 1. The highest BCUT2D eigenvalue weighted by Gasteiger charge is 2.28. The normalized spacial score (nSPS) is 25.0. The van der Waals surface area contributed by atoms with E-state index < -0.39 is 0 Å². The number of halogens is 3. The zero-order valence-corrected chi connectivity index (χ0v) is 14.5. The highest BCUT2D eigenvalue weighted by atomic mass is 35.5. The van der Waals surface area contributed by atoms with E-state index in [9.17, 15) is 4.39 Å². The van der Waals surface area contributed by atoms with Gasteiger partial charge in [0.15, 0.2) is 0 Å². The first kappa shape index (κ1) is 18.0. The molecule has 2 heterocycles. The Hall–Kier alpha value is -0.390. The summed E-state index contributed by atoms with van der Waals surface area (Å²) >= 11 is 5.90. The van der Waals surface area contributed by atoms with Crippen molar-refractivity contribution < 1.29 is 4.39 Å². The predicted octanol–water partition coefficient (Wildman–Crippen LogP) is 2.94. The molecule has 0 amide bonds. The number of piperazine rings is 1. The van der Waals surface area contributed by atoms with Crippen molar-refractivity contribution in [2.24, 2.45) is 0 Å². The lowest BCUT2D eigenvalue weighted by Crippen LogP contribution is -2.51. The lowest BCUT2D eigenvalue weighted by molar-refractivity contribution is 0.0787. The van der Waals surface area contributed by atoms with Gasteiger partial charge >= 0.3 is 0 Å². The minimum Gasteiger partial charge on any atom is -0.315 e. The number of nitrogens with zero attached hydrogens (tertiary/aromatic N) is 2. The SMILES string of the molecule is CC(c1ccc(F)c(Cl)c1)N1CCN(C2CCNC2)CC1.Cl. The monoisotopic (exact) mass is 347 g/mol. The Labute approximate surface area is 143 Å². The first-order valence-corrected chi connectivity index (χ1v) is 8.16. The number of benzene rings is 1. The van der Waals surface area contributed by atoms with Crippen LogP contribution in [0.3, 0.4) is 0 Å². The van der Waals surface area contributed by atoms with Crippen molar-refractivity contribution in [2.45, 2.75) is 25.4 Å². The molecule has 0 aliphatic carbocycles. The molecule has 2 atom stereocenters. The summed E-state index contributed by atoms with van der Waals surface area (Å²) in [5.41, 5.74) is 1.09. The summed E-state index contributed by atoms with van der Waals surface area (Å²) in [5.74, 6) is -0.342. The fraction of sp³-hybridized carbons (Fsp3) is 0.625. The van der Waals surface area contributed by atoms with Crippen LogP contribution in [0.15, 0.2) is 18.2 Å². The molecule has 2 unspecified atom stereocenters. The Kier molecular flexibility index (Phi) is 6.47. The van der Waals surface area contributed by atoms with Gasteiger partial charge in [-0.15, -0.1) is 12.4 Å². The van der Waals surface area contributed by atoms with Gasteiger partial charge in [0.2, 0.25) is 0 Å². The van der Waals surface area contributed by atoms with Crippen LogP contribution in [0.1, 0.15) is 24.9 Å². The van der Waals surface area contributed by atoms with Crippen molar-refractivity contribution in [3.63, 3.8) is 0 Å². The molecule has 1 aromatic carbocycles. The van der Waals surface area contributed by atoms with Gasteiger partial charge in [0, 0.05) is 44.8 Å². The predicted molar refractivity (Wildman–Crippen MR) is 91.5 cm³/mol. The van der Waals surface area contributed by atoms with Gasteiger partial charge in [-0.2, -0.15) is 0 Å². The minimum absolute atomic E-state index is 0. The fourth-order valence-corrected chi connectivity index (χ4v) is 3.61. The maximum atomic E-state index is 13.3. The molecular formula is C16H24Cl2FN3. The smallest absolute Gasteiger partial charge is 0.141 e. The first-order valence-electron chi connectivity index (χ1n) is 7.79. The molecule has 0 saturated carbocycles. The topological polar surface area (TPSA) is 18.5 Å². The molecule has 2 fully saturated rings. The lowest BCUT2D eigenvalue weighted by Gasteiger charge is -2.40. The van der Waals surface area contributed by atoms with Crippen LogP contribution in [0.25, 0.3) is 0 Å². The molecule has 124 valence electrons. The maximum Gasteiger partial charge on any atom is 0.141 e. The summed E-state index contributed by atoms with van der Waals surface area (Å²) in [4.78, 5) is 5.06. The Morgan fingerprint density at radius 1 is 1.27 bits per heavy atom. The van der Waals surface area contributed by atoms with E-state index in [0.29, 0.717) is 6.04 Å². The van der Waals surface area contributed by atoms with Crippen molar-refractivity contribution in [2.75, 3.05) is 39.3 Å². The number of hydrogen-bond acceptors (Lipinski definition) is 3. The second-order valence-electron chi connectivity index (χ2n) is 6.07. The van der Waals surface area contributed by atoms with E-state index in [-0.39, 0.29) is 29.3 Å². The molecule has 22 heavy (non-hydrogen) atoms. The summed E-state index contributed by atoms with van der Waals surface area (Å²) < 4.78 is 13.3. The van der Waals surface area contributed by atoms with Crippen LogP contribution in [-0.2, 0) is 0 Å². The van der Waals surface area contributed by atoms with Crippen LogP contribution in [0.4, 0.5) is 4.39 Å². The third-order valence-corrected chi connectivity index (χ3v) is 5.16. The van der Waals surface area contributed by atoms with Gasteiger partial charge in [0.25, 0.3) is 0 Å². The average molecular weight is 348 g/mol. The molecule has 0 aromatic heterocycles. The van der Waals surface area contributed by atoms with Crippen LogP contribution in [-0.4, -0.2) is 55.1 Å². The van der Waals surface area contributed by atoms with Crippen molar-refractivity contribution in [1.29, 1.82) is 0 Å². The van der Waals surface area contributed by atoms with Crippen molar-refractivity contribution >= 4 is 24.0 Å². The van der Waals surface area contributed by atoms with Gasteiger partial charge in [-0.3, -0.25) is 9.80 Å². The van der Waals surface area contributed by atoms with E-state index in [2.05, 4.69) is 22.0 Å². The Morgan fingerprint density at radius 2 is 2.00 bits per heavy atom. The van der Waals surface area contributed by atoms with Gasteiger partial charge < -0.3 is 5.32 Å². The molecule has 1 N–H and O–H groups in total. The Bertz CT molecular complexity index is 486. The summed E-state index contributed by atoms with van der Waals surface area (Å²) in [6, 6.07) is 6.07. The molecule has 0 radical (unpaired) electrons. The molecular weight excluding hydrogens is 324 g/mol. The lowest BCUT2D eigenvalue weighted by atomic mass is 10.1. The summed E-state index contributed by atoms with van der Waals surface area (Å²) in [7, 11) is 0. The van der Waals surface area contributed by atoms with Gasteiger partial charge in [-0.25, -0.2) is 4.39 Å². The third kappa shape index (κ3) is 3.92. The van der Waals surface area contributed by atoms with Gasteiger partial charge in [0.1, 0.15) is 5.82 Å². The van der Waals surface area contributed by atoms with Crippen LogP contribution in [0, 0.1) is 5.82 Å². The number of nitrogens with one attached hydrogen (secondary N) is 1. The van der Waals surface area contributed by atoms with E-state index >= 15 is 0 Å². The van der Waals surface area contributed by atoms with E-state index in [1.54, 1.807) is 6.07 Å². The summed E-state index contributed by atoms with van der Waals surface area (Å²) in [6.07, 6.45) is 1.27. The Morgan fingerprint density at radius 3 is 2.59 bits per heavy atom. The van der Waals surface area contributed by atoms with Crippen LogP contribution in [0.5, 0.6) is 0 Å². The summed E-state index contributed by atoms with van der Waals surface area (Å²) in [5, 5.41) is 3.65. The van der Waals surface area contributed by atoms with E-state index in [4.69, 9.17) is 11.6 Å². The maximum absolute atomic E-state index is 13.3. The standard InChI is InChI=1S/C16H23ClFN3.ClH/c1-12(13-2-3-16(18)15(17)10-13)20-6-8-21(9-7-20)14-4-5-19-11-14;/h2-3,10,12,14,19H,4-9,11H2,1H3;1H. The zero-order valence-electron chi connectivity index (χ0n) is 12.9. The van der Waals surface area contributed by atoms with E-state index in [1.807, 2.05) is 6.07 Å². The highest BCUT2D eigenvalue weighted by molar-refractivity contribution is 6.30. The largest absolute Gasteiger partial charge is 0.315 e. The molecule has 1 aromatic rings. The second kappa shape index (κ2) is 7.93. The molecule has 0 spiro atoms. The van der Waals surface area contributed by atoms with Crippen LogP contribution in [0.2, 0.25) is 5.02 Å². The molecule has 2 aliphatic heterocycles. The van der Waals surface area contributed by atoms with Crippen LogP contribution < -0.4 is 5.32 Å². The minimum atomic E-state index is -0.342.